The average Bonchev–Trinajstić information content (AvgIpc) is 2.39. The molecule has 0 spiro atoms. The lowest BCUT2D eigenvalue weighted by Crippen LogP contribution is -2.43. The van der Waals surface area contributed by atoms with Crippen molar-refractivity contribution in [2.75, 3.05) is 11.9 Å². The highest BCUT2D eigenvalue weighted by molar-refractivity contribution is 6.40. The molecule has 19 heavy (non-hydrogen) atoms. The number of carbonyl (C=O) groups excluding carboxylic acids is 2. The average molecular weight is 285 g/mol. The smallest absolute Gasteiger partial charge is 0.313 e. The summed E-state index contributed by atoms with van der Waals surface area (Å²) in [4.78, 5) is 23.2. The topological polar surface area (TPSA) is 78.4 Å². The molecular formula is C13H17ClN2O3. The van der Waals surface area contributed by atoms with E-state index in [0.29, 0.717) is 17.1 Å². The summed E-state index contributed by atoms with van der Waals surface area (Å²) in [6, 6.07) is 4.57. The third-order valence-electron chi connectivity index (χ3n) is 2.68. The number of carbonyl (C=O) groups is 2. The summed E-state index contributed by atoms with van der Waals surface area (Å²) in [5, 5.41) is 14.3. The van der Waals surface area contributed by atoms with Crippen molar-refractivity contribution < 1.29 is 14.7 Å². The van der Waals surface area contributed by atoms with Gasteiger partial charge in [-0.15, -0.1) is 0 Å². The van der Waals surface area contributed by atoms with E-state index in [9.17, 15) is 9.59 Å². The van der Waals surface area contributed by atoms with Gasteiger partial charge in [0.2, 0.25) is 0 Å². The van der Waals surface area contributed by atoms with E-state index in [1.54, 1.807) is 25.1 Å². The van der Waals surface area contributed by atoms with Crippen LogP contribution in [0.5, 0.6) is 0 Å². The zero-order chi connectivity index (χ0) is 14.4. The van der Waals surface area contributed by atoms with Gasteiger partial charge in [0.25, 0.3) is 0 Å². The molecule has 5 nitrogen and oxygen atoms in total. The molecule has 104 valence electrons. The highest BCUT2D eigenvalue weighted by atomic mass is 35.5. The molecule has 0 radical (unpaired) electrons. The van der Waals surface area contributed by atoms with E-state index in [-0.39, 0.29) is 6.61 Å². The Balaban J connectivity index is 2.63. The molecule has 2 amide bonds. The van der Waals surface area contributed by atoms with Crippen LogP contribution in [-0.4, -0.2) is 29.6 Å². The maximum atomic E-state index is 11.6. The normalized spacial score (nSPS) is 11.8. The SMILES string of the molecule is CC[C@H](CO)NC(=O)C(=O)Nc1ccc(C)c(Cl)c1. The Hall–Kier alpha value is -1.59. The number of aliphatic hydroxyl groups is 1. The number of anilines is 1. The zero-order valence-corrected chi connectivity index (χ0v) is 11.6. The highest BCUT2D eigenvalue weighted by Gasteiger charge is 2.17. The van der Waals surface area contributed by atoms with Gasteiger partial charge in [-0.2, -0.15) is 0 Å². The van der Waals surface area contributed by atoms with Crippen LogP contribution in [0.1, 0.15) is 18.9 Å². The Morgan fingerprint density at radius 1 is 1.37 bits per heavy atom. The number of hydrogen-bond acceptors (Lipinski definition) is 3. The molecule has 1 rings (SSSR count). The molecule has 0 aliphatic carbocycles. The minimum atomic E-state index is -0.785. The van der Waals surface area contributed by atoms with Crippen molar-refractivity contribution in [1.29, 1.82) is 0 Å². The van der Waals surface area contributed by atoms with Crippen LogP contribution in [0.25, 0.3) is 0 Å². The molecule has 0 fully saturated rings. The van der Waals surface area contributed by atoms with Crippen molar-refractivity contribution in [2.45, 2.75) is 26.3 Å². The van der Waals surface area contributed by atoms with Gasteiger partial charge in [0.1, 0.15) is 0 Å². The summed E-state index contributed by atoms with van der Waals surface area (Å²) >= 11 is 5.92. The standard InChI is InChI=1S/C13H17ClN2O3/c1-3-9(7-17)15-12(18)13(19)16-10-5-4-8(2)11(14)6-10/h4-6,9,17H,3,7H2,1-2H3,(H,15,18)(H,16,19)/t9-/m1/s1. The maximum absolute atomic E-state index is 11.6. The molecule has 0 bridgehead atoms. The Labute approximate surface area is 117 Å². The third-order valence-corrected chi connectivity index (χ3v) is 3.09. The first-order valence-electron chi connectivity index (χ1n) is 5.96. The molecule has 1 atom stereocenters. The minimum Gasteiger partial charge on any atom is -0.394 e. The van der Waals surface area contributed by atoms with Crippen molar-refractivity contribution in [3.63, 3.8) is 0 Å². The van der Waals surface area contributed by atoms with Gasteiger partial charge in [0, 0.05) is 10.7 Å². The largest absolute Gasteiger partial charge is 0.394 e. The lowest BCUT2D eigenvalue weighted by Gasteiger charge is -2.13. The molecule has 0 saturated carbocycles. The molecule has 0 saturated heterocycles. The number of hydrogen-bond donors (Lipinski definition) is 3. The van der Waals surface area contributed by atoms with Gasteiger partial charge in [-0.25, -0.2) is 0 Å². The van der Waals surface area contributed by atoms with E-state index < -0.39 is 17.9 Å². The fraction of sp³-hybridized carbons (Fsp3) is 0.385. The van der Waals surface area contributed by atoms with Crippen LogP contribution in [0.2, 0.25) is 5.02 Å². The van der Waals surface area contributed by atoms with Crippen LogP contribution >= 0.6 is 11.6 Å². The van der Waals surface area contributed by atoms with Gasteiger partial charge < -0.3 is 15.7 Å². The van der Waals surface area contributed by atoms with Gasteiger partial charge in [-0.3, -0.25) is 9.59 Å². The predicted octanol–water partition coefficient (Wildman–Crippen LogP) is 1.47. The van der Waals surface area contributed by atoms with Crippen LogP contribution in [-0.2, 0) is 9.59 Å². The predicted molar refractivity (Wildman–Crippen MR) is 74.1 cm³/mol. The first-order chi connectivity index (χ1) is 8.97. The molecule has 0 aliphatic rings. The van der Waals surface area contributed by atoms with Crippen molar-refractivity contribution in [1.82, 2.24) is 5.32 Å². The van der Waals surface area contributed by atoms with Gasteiger partial charge in [0.15, 0.2) is 0 Å². The van der Waals surface area contributed by atoms with E-state index in [2.05, 4.69) is 10.6 Å². The number of rotatable bonds is 4. The molecule has 6 heteroatoms. The number of nitrogens with one attached hydrogen (secondary N) is 2. The number of aliphatic hydroxyl groups excluding tert-OH is 1. The van der Waals surface area contributed by atoms with Gasteiger partial charge >= 0.3 is 11.8 Å². The van der Waals surface area contributed by atoms with E-state index in [0.717, 1.165) is 5.56 Å². The number of halogens is 1. The summed E-state index contributed by atoms with van der Waals surface area (Å²) in [6.07, 6.45) is 0.547. The molecule has 0 heterocycles. The van der Waals surface area contributed by atoms with Crippen LogP contribution in [0, 0.1) is 6.92 Å². The van der Waals surface area contributed by atoms with E-state index in [1.165, 1.54) is 0 Å². The quantitative estimate of drug-likeness (QED) is 0.733. The molecule has 1 aromatic rings. The zero-order valence-electron chi connectivity index (χ0n) is 10.9. The Kier molecular flexibility index (Phi) is 5.79. The summed E-state index contributed by atoms with van der Waals surface area (Å²) < 4.78 is 0. The number of benzene rings is 1. The Morgan fingerprint density at radius 3 is 2.58 bits per heavy atom. The maximum Gasteiger partial charge on any atom is 0.313 e. The lowest BCUT2D eigenvalue weighted by atomic mass is 10.2. The van der Waals surface area contributed by atoms with Crippen LogP contribution < -0.4 is 10.6 Å². The van der Waals surface area contributed by atoms with Gasteiger partial charge in [-0.05, 0) is 31.0 Å². The summed E-state index contributed by atoms with van der Waals surface area (Å²) in [5.41, 5.74) is 1.34. The summed E-state index contributed by atoms with van der Waals surface area (Å²) in [5.74, 6) is -1.57. The van der Waals surface area contributed by atoms with Crippen LogP contribution in [0.3, 0.4) is 0 Å². The number of amides is 2. The van der Waals surface area contributed by atoms with Crippen molar-refractivity contribution >= 4 is 29.1 Å². The van der Waals surface area contributed by atoms with E-state index in [1.807, 2.05) is 6.92 Å². The first-order valence-corrected chi connectivity index (χ1v) is 6.34. The summed E-state index contributed by atoms with van der Waals surface area (Å²) in [6.45, 7) is 3.44. The Morgan fingerprint density at radius 2 is 2.05 bits per heavy atom. The summed E-state index contributed by atoms with van der Waals surface area (Å²) in [7, 11) is 0. The van der Waals surface area contributed by atoms with Crippen molar-refractivity contribution in [2.24, 2.45) is 0 Å². The van der Waals surface area contributed by atoms with E-state index >= 15 is 0 Å². The molecule has 1 aromatic carbocycles. The number of aryl methyl sites for hydroxylation is 1. The Bertz CT molecular complexity index is 473. The molecule has 3 N–H and O–H groups in total. The van der Waals surface area contributed by atoms with Crippen molar-refractivity contribution in [3.05, 3.63) is 28.8 Å². The third kappa shape index (κ3) is 4.54. The van der Waals surface area contributed by atoms with Crippen molar-refractivity contribution in [3.8, 4) is 0 Å². The monoisotopic (exact) mass is 284 g/mol. The van der Waals surface area contributed by atoms with Crippen LogP contribution in [0.15, 0.2) is 18.2 Å². The minimum absolute atomic E-state index is 0.203. The highest BCUT2D eigenvalue weighted by Crippen LogP contribution is 2.19. The second-order valence-corrected chi connectivity index (χ2v) is 4.59. The van der Waals surface area contributed by atoms with Gasteiger partial charge in [0.05, 0.1) is 12.6 Å². The molecule has 0 aliphatic heterocycles. The van der Waals surface area contributed by atoms with E-state index in [4.69, 9.17) is 16.7 Å². The molecule has 0 aromatic heterocycles. The lowest BCUT2D eigenvalue weighted by molar-refractivity contribution is -0.136. The second-order valence-electron chi connectivity index (χ2n) is 4.18. The van der Waals surface area contributed by atoms with Crippen LogP contribution in [0.4, 0.5) is 5.69 Å². The second kappa shape index (κ2) is 7.11. The molecular weight excluding hydrogens is 268 g/mol. The molecule has 0 unspecified atom stereocenters. The first kappa shape index (κ1) is 15.5. The van der Waals surface area contributed by atoms with Gasteiger partial charge in [-0.1, -0.05) is 24.6 Å². The fourth-order valence-corrected chi connectivity index (χ4v) is 1.57. The fourth-order valence-electron chi connectivity index (χ4n) is 1.39.